The van der Waals surface area contributed by atoms with Crippen LogP contribution in [0.1, 0.15) is 27.2 Å². The lowest BCUT2D eigenvalue weighted by atomic mass is 10.0. The molecule has 90 valence electrons. The van der Waals surface area contributed by atoms with Crippen molar-refractivity contribution < 1.29 is 24.1 Å². The van der Waals surface area contributed by atoms with Crippen LogP contribution in [0.4, 0.5) is 4.79 Å². The molecule has 2 atom stereocenters. The van der Waals surface area contributed by atoms with Gasteiger partial charge in [0.1, 0.15) is 5.54 Å². The van der Waals surface area contributed by atoms with Gasteiger partial charge in [0.2, 0.25) is 0 Å². The Morgan fingerprint density at radius 3 is 2.31 bits per heavy atom. The molecule has 1 fully saturated rings. The van der Waals surface area contributed by atoms with E-state index in [-0.39, 0.29) is 0 Å². The third-order valence-corrected chi connectivity index (χ3v) is 2.52. The molecular weight excluding hydrogens is 216 g/mol. The number of carboxylic acids is 1. The zero-order chi connectivity index (χ0) is 12.7. The van der Waals surface area contributed by atoms with E-state index in [4.69, 9.17) is 5.11 Å². The van der Waals surface area contributed by atoms with Crippen molar-refractivity contribution in [2.45, 2.75) is 38.8 Å². The zero-order valence-corrected chi connectivity index (χ0v) is 9.31. The van der Waals surface area contributed by atoms with Gasteiger partial charge in [-0.15, -0.1) is 0 Å². The van der Waals surface area contributed by atoms with Crippen molar-refractivity contribution in [2.75, 3.05) is 0 Å². The second-order valence-corrected chi connectivity index (χ2v) is 4.72. The van der Waals surface area contributed by atoms with Crippen molar-refractivity contribution in [2.24, 2.45) is 0 Å². The normalized spacial score (nSPS) is 30.4. The topological polar surface area (TPSA) is 107 Å². The highest BCUT2D eigenvalue weighted by molar-refractivity contribution is 5.97. The molecule has 1 saturated heterocycles. The molecule has 0 aromatic heterocycles. The number of aliphatic carboxylic acids is 1. The summed E-state index contributed by atoms with van der Waals surface area (Å²) >= 11 is 0. The minimum Gasteiger partial charge on any atom is -0.616 e. The molecule has 1 heterocycles. The fraction of sp³-hybridized carbons (Fsp3) is 0.667. The second kappa shape index (κ2) is 3.53. The zero-order valence-electron chi connectivity index (χ0n) is 9.31. The minimum atomic E-state index is -1.66. The van der Waals surface area contributed by atoms with E-state index in [1.165, 1.54) is 20.8 Å². The summed E-state index contributed by atoms with van der Waals surface area (Å²) in [5.41, 5.74) is -1.14. The van der Waals surface area contributed by atoms with Crippen LogP contribution in [0.3, 0.4) is 0 Å². The average molecular weight is 230 g/mol. The number of hydrogen-bond donors (Lipinski definition) is 2. The van der Waals surface area contributed by atoms with Gasteiger partial charge in [0.05, 0.1) is 6.42 Å². The molecule has 1 rings (SSSR count). The molecule has 0 radical (unpaired) electrons. The van der Waals surface area contributed by atoms with Crippen LogP contribution >= 0.6 is 0 Å². The number of rotatable bonds is 2. The van der Waals surface area contributed by atoms with Crippen LogP contribution in [0, 0.1) is 5.21 Å². The summed E-state index contributed by atoms with van der Waals surface area (Å²) in [5.74, 6) is -2.18. The van der Waals surface area contributed by atoms with Gasteiger partial charge in [0, 0.05) is 0 Å². The van der Waals surface area contributed by atoms with Crippen LogP contribution in [0.5, 0.6) is 0 Å². The van der Waals surface area contributed by atoms with Crippen LogP contribution in [0.25, 0.3) is 0 Å². The first kappa shape index (κ1) is 12.6. The summed E-state index contributed by atoms with van der Waals surface area (Å²) in [4.78, 5) is 33.7. The van der Waals surface area contributed by atoms with E-state index in [9.17, 15) is 19.6 Å². The number of nitrogens with zero attached hydrogens (tertiary/aromatic N) is 1. The van der Waals surface area contributed by atoms with Crippen LogP contribution in [0.2, 0.25) is 0 Å². The molecule has 0 aliphatic carbocycles. The Hall–Kier alpha value is -1.47. The Labute approximate surface area is 92.2 Å². The molecule has 16 heavy (non-hydrogen) atoms. The Morgan fingerprint density at radius 2 is 2.00 bits per heavy atom. The van der Waals surface area contributed by atoms with Crippen LogP contribution < -0.4 is 5.32 Å². The Kier molecular flexibility index (Phi) is 2.78. The Morgan fingerprint density at radius 1 is 1.50 bits per heavy atom. The van der Waals surface area contributed by atoms with Crippen LogP contribution in [0.15, 0.2) is 0 Å². The molecule has 1 aliphatic rings. The van der Waals surface area contributed by atoms with Crippen LogP contribution in [-0.4, -0.2) is 39.2 Å². The number of carbonyl (C=O) groups excluding carboxylic acids is 2. The predicted molar refractivity (Wildman–Crippen MR) is 53.0 cm³/mol. The number of nitrogens with one attached hydrogen (secondary N) is 1. The van der Waals surface area contributed by atoms with E-state index < -0.39 is 40.6 Å². The summed E-state index contributed by atoms with van der Waals surface area (Å²) in [6.07, 6.45) is -0.567. The van der Waals surface area contributed by atoms with Gasteiger partial charge in [0.15, 0.2) is 6.04 Å². The van der Waals surface area contributed by atoms with Gasteiger partial charge in [-0.3, -0.25) is 10.1 Å². The van der Waals surface area contributed by atoms with Crippen molar-refractivity contribution in [1.29, 1.82) is 0 Å². The first-order valence-electron chi connectivity index (χ1n) is 4.78. The highest BCUT2D eigenvalue weighted by atomic mass is 16.6. The maximum atomic E-state index is 12.2. The maximum absolute atomic E-state index is 12.2. The fourth-order valence-corrected chi connectivity index (χ4v) is 1.57. The minimum absolute atomic E-state index is 0.567. The maximum Gasteiger partial charge on any atom is 0.425 e. The number of amides is 3. The first-order valence-corrected chi connectivity index (χ1v) is 4.78. The lowest BCUT2D eigenvalue weighted by Gasteiger charge is -2.42. The molecule has 2 N–H and O–H groups in total. The van der Waals surface area contributed by atoms with Crippen molar-refractivity contribution in [1.82, 2.24) is 5.32 Å². The Bertz CT molecular complexity index is 359. The highest BCUT2D eigenvalue weighted by Gasteiger charge is 2.56. The number of quaternary nitrogens is 1. The number of carboxylic acid groups (broad SMARTS) is 1. The molecule has 0 saturated carbocycles. The third kappa shape index (κ3) is 1.68. The summed E-state index contributed by atoms with van der Waals surface area (Å²) in [5, 5.41) is 22.8. The molecule has 0 aromatic rings. The smallest absolute Gasteiger partial charge is 0.425 e. The molecule has 7 nitrogen and oxygen atoms in total. The molecule has 0 aromatic carbocycles. The van der Waals surface area contributed by atoms with Gasteiger partial charge in [-0.05, 0) is 20.8 Å². The monoisotopic (exact) mass is 230 g/mol. The molecule has 0 bridgehead atoms. The van der Waals surface area contributed by atoms with E-state index >= 15 is 0 Å². The first-order chi connectivity index (χ1) is 7.10. The summed E-state index contributed by atoms with van der Waals surface area (Å²) < 4.78 is -1.66. The van der Waals surface area contributed by atoms with E-state index in [0.717, 1.165) is 0 Å². The van der Waals surface area contributed by atoms with Gasteiger partial charge in [-0.1, -0.05) is 0 Å². The molecule has 1 unspecified atom stereocenters. The van der Waals surface area contributed by atoms with Gasteiger partial charge in [0.25, 0.3) is 0 Å². The predicted octanol–water partition coefficient (Wildman–Crippen LogP) is 0.193. The molecule has 3 amide bonds. The largest absolute Gasteiger partial charge is 0.616 e. The van der Waals surface area contributed by atoms with Gasteiger partial charge in [-0.2, -0.15) is 0 Å². The summed E-state index contributed by atoms with van der Waals surface area (Å²) in [6.45, 7) is 4.38. The van der Waals surface area contributed by atoms with E-state index in [1.807, 2.05) is 0 Å². The van der Waals surface area contributed by atoms with Gasteiger partial charge < -0.3 is 10.3 Å². The summed E-state index contributed by atoms with van der Waals surface area (Å²) in [6, 6.07) is -2.23. The third-order valence-electron chi connectivity index (χ3n) is 2.52. The Balaban J connectivity index is 3.04. The number of hydroxylamine groups is 3. The SMILES string of the molecule is CC(C)(C)[N+]1([O-])C(=O)N[C@@H](CC(=O)O)C1=O. The molecule has 0 spiro atoms. The van der Waals surface area contributed by atoms with Crippen molar-refractivity contribution in [3.8, 4) is 0 Å². The molecular formula is C9H14N2O5. The van der Waals surface area contributed by atoms with Crippen molar-refractivity contribution >= 4 is 17.9 Å². The lowest BCUT2D eigenvalue weighted by molar-refractivity contribution is -0.768. The average Bonchev–Trinajstić information content (AvgIpc) is 2.29. The highest BCUT2D eigenvalue weighted by Crippen LogP contribution is 2.30. The molecule has 7 heteroatoms. The van der Waals surface area contributed by atoms with Crippen LogP contribution in [-0.2, 0) is 9.59 Å². The lowest BCUT2D eigenvalue weighted by Crippen LogP contribution is -2.60. The van der Waals surface area contributed by atoms with Gasteiger partial charge >= 0.3 is 17.9 Å². The number of urea groups is 1. The summed E-state index contributed by atoms with van der Waals surface area (Å²) in [7, 11) is 0. The second-order valence-electron chi connectivity index (χ2n) is 4.72. The van der Waals surface area contributed by atoms with Crippen molar-refractivity contribution in [3.05, 3.63) is 5.21 Å². The quantitative estimate of drug-likeness (QED) is 0.400. The number of carbonyl (C=O) groups is 3. The van der Waals surface area contributed by atoms with Gasteiger partial charge in [-0.25, -0.2) is 14.2 Å². The van der Waals surface area contributed by atoms with Crippen molar-refractivity contribution in [3.63, 3.8) is 0 Å². The van der Waals surface area contributed by atoms with E-state index in [2.05, 4.69) is 5.32 Å². The standard InChI is InChI=1S/C9H14N2O5/c1-9(2,3)11(16)7(14)5(4-6(12)13)10-8(11)15/h5H,4H2,1-3H3,(H,10,15)(H,12,13)/t5-,11?/m0/s1. The number of imide groups is 1. The number of hydrogen-bond acceptors (Lipinski definition) is 4. The fourth-order valence-electron chi connectivity index (χ4n) is 1.57. The van der Waals surface area contributed by atoms with E-state index in [1.54, 1.807) is 0 Å². The van der Waals surface area contributed by atoms with E-state index in [0.29, 0.717) is 0 Å². The molecule has 1 aliphatic heterocycles.